The first-order chi connectivity index (χ1) is 14.2. The summed E-state index contributed by atoms with van der Waals surface area (Å²) in [5.41, 5.74) is 2.69. The van der Waals surface area contributed by atoms with Crippen LogP contribution in [-0.4, -0.2) is 24.0 Å². The lowest BCUT2D eigenvalue weighted by atomic mass is 10.2. The van der Waals surface area contributed by atoms with E-state index in [1.807, 2.05) is 17.5 Å². The molecular formula is C22H22FN3O2S. The number of carbonyl (C=O) groups excluding carboxylic acids is 1. The van der Waals surface area contributed by atoms with E-state index in [4.69, 9.17) is 4.74 Å². The van der Waals surface area contributed by atoms with E-state index in [0.29, 0.717) is 11.4 Å². The number of hydrogen-bond donors (Lipinski definition) is 1. The predicted octanol–water partition coefficient (Wildman–Crippen LogP) is 4.64. The molecule has 0 unspecified atom stereocenters. The molecule has 2 heterocycles. The lowest BCUT2D eigenvalue weighted by molar-refractivity contribution is -0.115. The normalized spacial score (nSPS) is 13.5. The monoisotopic (exact) mass is 411 g/mol. The molecule has 0 aliphatic carbocycles. The second-order valence-corrected chi connectivity index (χ2v) is 7.88. The van der Waals surface area contributed by atoms with Gasteiger partial charge in [-0.05, 0) is 61.4 Å². The highest BCUT2D eigenvalue weighted by Crippen LogP contribution is 2.22. The molecule has 4 rings (SSSR count). The lowest BCUT2D eigenvalue weighted by Gasteiger charge is -2.17. The van der Waals surface area contributed by atoms with Crippen LogP contribution in [0.2, 0.25) is 0 Å². The summed E-state index contributed by atoms with van der Waals surface area (Å²) in [4.78, 5) is 19.1. The highest BCUT2D eigenvalue weighted by Gasteiger charge is 2.13. The number of ether oxygens (including phenoxy) is 1. The molecule has 1 N–H and O–H groups in total. The molecule has 0 saturated carbocycles. The number of nitrogens with one attached hydrogen (secondary N) is 1. The van der Waals surface area contributed by atoms with Crippen LogP contribution in [0.15, 0.2) is 53.9 Å². The standard InChI is InChI=1S/C22H22FN3O2S/c23-16-3-9-20(10-4-16)28-14-22-25-18(15-29-22)13-21(27)24-17-5-7-19(8-6-17)26-11-1-2-12-26/h3-10,15H,1-2,11-14H2,(H,24,27). The number of rotatable bonds is 7. The average molecular weight is 412 g/mol. The van der Waals surface area contributed by atoms with Gasteiger partial charge in [0.2, 0.25) is 5.91 Å². The number of anilines is 2. The number of aromatic nitrogens is 1. The lowest BCUT2D eigenvalue weighted by Crippen LogP contribution is -2.18. The fourth-order valence-corrected chi connectivity index (χ4v) is 3.98. The van der Waals surface area contributed by atoms with Crippen molar-refractivity contribution in [2.24, 2.45) is 0 Å². The Morgan fingerprint density at radius 3 is 2.55 bits per heavy atom. The Bertz CT molecular complexity index is 951. The van der Waals surface area contributed by atoms with E-state index >= 15 is 0 Å². The van der Waals surface area contributed by atoms with Crippen molar-refractivity contribution in [2.75, 3.05) is 23.3 Å². The van der Waals surface area contributed by atoms with Crippen molar-refractivity contribution in [3.05, 3.63) is 70.4 Å². The molecule has 1 aliphatic heterocycles. The zero-order valence-corrected chi connectivity index (χ0v) is 16.8. The summed E-state index contributed by atoms with van der Waals surface area (Å²) in [7, 11) is 0. The van der Waals surface area contributed by atoms with Gasteiger partial charge in [-0.3, -0.25) is 4.79 Å². The molecule has 1 fully saturated rings. The number of nitrogens with zero attached hydrogens (tertiary/aromatic N) is 2. The van der Waals surface area contributed by atoms with Crippen molar-refractivity contribution < 1.29 is 13.9 Å². The van der Waals surface area contributed by atoms with Crippen molar-refractivity contribution in [1.82, 2.24) is 4.98 Å². The van der Waals surface area contributed by atoms with Gasteiger partial charge in [0.1, 0.15) is 23.2 Å². The molecule has 1 amide bonds. The SMILES string of the molecule is O=C(Cc1csc(COc2ccc(F)cc2)n1)Nc1ccc(N2CCCC2)cc1. The number of benzene rings is 2. The van der Waals surface area contributed by atoms with Gasteiger partial charge in [0.05, 0.1) is 12.1 Å². The van der Waals surface area contributed by atoms with Gasteiger partial charge in [0.15, 0.2) is 0 Å². The van der Waals surface area contributed by atoms with Gasteiger partial charge in [0, 0.05) is 29.8 Å². The second-order valence-electron chi connectivity index (χ2n) is 6.94. The number of hydrogen-bond acceptors (Lipinski definition) is 5. The molecule has 29 heavy (non-hydrogen) atoms. The Balaban J connectivity index is 1.27. The maximum Gasteiger partial charge on any atom is 0.230 e. The minimum Gasteiger partial charge on any atom is -0.486 e. The maximum absolute atomic E-state index is 12.9. The molecule has 0 radical (unpaired) electrons. The van der Waals surface area contributed by atoms with Gasteiger partial charge >= 0.3 is 0 Å². The summed E-state index contributed by atoms with van der Waals surface area (Å²) in [6.07, 6.45) is 2.69. The van der Waals surface area contributed by atoms with Gasteiger partial charge in [0.25, 0.3) is 0 Å². The van der Waals surface area contributed by atoms with Gasteiger partial charge in [-0.25, -0.2) is 9.37 Å². The third-order valence-corrected chi connectivity index (χ3v) is 5.61. The first-order valence-electron chi connectivity index (χ1n) is 9.62. The summed E-state index contributed by atoms with van der Waals surface area (Å²) in [5.74, 6) is 0.180. The molecule has 0 atom stereocenters. The van der Waals surface area contributed by atoms with Crippen LogP contribution in [-0.2, 0) is 17.8 Å². The Hall–Kier alpha value is -2.93. The van der Waals surface area contributed by atoms with Crippen molar-refractivity contribution in [3.8, 4) is 5.75 Å². The number of thiazole rings is 1. The molecule has 5 nitrogen and oxygen atoms in total. The first kappa shape index (κ1) is 19.4. The largest absolute Gasteiger partial charge is 0.486 e. The van der Waals surface area contributed by atoms with E-state index in [1.54, 1.807) is 12.1 Å². The second kappa shape index (κ2) is 9.05. The topological polar surface area (TPSA) is 54.5 Å². The van der Waals surface area contributed by atoms with Crippen LogP contribution >= 0.6 is 11.3 Å². The highest BCUT2D eigenvalue weighted by molar-refractivity contribution is 7.09. The summed E-state index contributed by atoms with van der Waals surface area (Å²) in [5, 5.41) is 5.55. The number of halogens is 1. The number of amides is 1. The van der Waals surface area contributed by atoms with E-state index in [-0.39, 0.29) is 24.8 Å². The van der Waals surface area contributed by atoms with Gasteiger partial charge < -0.3 is 15.0 Å². The van der Waals surface area contributed by atoms with Gasteiger partial charge in [-0.15, -0.1) is 11.3 Å². The Labute approximate surface area is 173 Å². The van der Waals surface area contributed by atoms with E-state index in [0.717, 1.165) is 23.8 Å². The highest BCUT2D eigenvalue weighted by atomic mass is 32.1. The molecule has 0 spiro atoms. The fraction of sp³-hybridized carbons (Fsp3) is 0.273. The average Bonchev–Trinajstić information content (AvgIpc) is 3.40. The maximum atomic E-state index is 12.9. The van der Waals surface area contributed by atoms with E-state index in [1.165, 1.54) is 42.0 Å². The summed E-state index contributed by atoms with van der Waals surface area (Å²) in [6, 6.07) is 13.8. The Morgan fingerprint density at radius 2 is 1.83 bits per heavy atom. The summed E-state index contributed by atoms with van der Waals surface area (Å²) in [6.45, 7) is 2.49. The zero-order valence-electron chi connectivity index (χ0n) is 15.9. The molecule has 0 bridgehead atoms. The van der Waals surface area contributed by atoms with Crippen LogP contribution in [0.1, 0.15) is 23.5 Å². The first-order valence-corrected chi connectivity index (χ1v) is 10.5. The smallest absolute Gasteiger partial charge is 0.230 e. The number of carbonyl (C=O) groups is 1. The van der Waals surface area contributed by atoms with Crippen LogP contribution in [0, 0.1) is 5.82 Å². The third kappa shape index (κ3) is 5.32. The van der Waals surface area contributed by atoms with Crippen molar-refractivity contribution in [2.45, 2.75) is 25.9 Å². The Kier molecular flexibility index (Phi) is 6.05. The molecule has 3 aromatic rings. The summed E-state index contributed by atoms with van der Waals surface area (Å²) < 4.78 is 18.5. The van der Waals surface area contributed by atoms with Crippen LogP contribution in [0.3, 0.4) is 0 Å². The molecule has 1 aromatic heterocycles. The molecule has 1 aliphatic rings. The fourth-order valence-electron chi connectivity index (χ4n) is 3.27. The van der Waals surface area contributed by atoms with Gasteiger partial charge in [-0.1, -0.05) is 0 Å². The van der Waals surface area contributed by atoms with Crippen LogP contribution in [0.5, 0.6) is 5.75 Å². The Morgan fingerprint density at radius 1 is 1.10 bits per heavy atom. The van der Waals surface area contributed by atoms with E-state index in [2.05, 4.69) is 27.3 Å². The predicted molar refractivity (Wildman–Crippen MR) is 113 cm³/mol. The molecule has 7 heteroatoms. The van der Waals surface area contributed by atoms with E-state index < -0.39 is 0 Å². The van der Waals surface area contributed by atoms with Crippen molar-refractivity contribution in [3.63, 3.8) is 0 Å². The van der Waals surface area contributed by atoms with Crippen molar-refractivity contribution in [1.29, 1.82) is 0 Å². The molecule has 2 aromatic carbocycles. The zero-order chi connectivity index (χ0) is 20.1. The van der Waals surface area contributed by atoms with Crippen LogP contribution < -0.4 is 15.0 Å². The van der Waals surface area contributed by atoms with Crippen molar-refractivity contribution >= 4 is 28.6 Å². The van der Waals surface area contributed by atoms with Crippen LogP contribution in [0.4, 0.5) is 15.8 Å². The minimum atomic E-state index is -0.300. The molecular weight excluding hydrogens is 389 g/mol. The quantitative estimate of drug-likeness (QED) is 0.615. The van der Waals surface area contributed by atoms with Crippen LogP contribution in [0.25, 0.3) is 0 Å². The van der Waals surface area contributed by atoms with E-state index in [9.17, 15) is 9.18 Å². The minimum absolute atomic E-state index is 0.102. The van der Waals surface area contributed by atoms with Gasteiger partial charge in [-0.2, -0.15) is 0 Å². The molecule has 150 valence electrons. The summed E-state index contributed by atoms with van der Waals surface area (Å²) >= 11 is 1.44. The molecule has 1 saturated heterocycles. The third-order valence-electron chi connectivity index (χ3n) is 4.74.